The van der Waals surface area contributed by atoms with Crippen LogP contribution < -0.4 is 17.0 Å². The summed E-state index contributed by atoms with van der Waals surface area (Å²) in [7, 11) is 0. The molecule has 2 aliphatic carbocycles. The van der Waals surface area contributed by atoms with Gasteiger partial charge in [0.2, 0.25) is 0 Å². The van der Waals surface area contributed by atoms with Crippen LogP contribution in [0.15, 0.2) is 15.7 Å². The lowest BCUT2D eigenvalue weighted by Crippen LogP contribution is -2.33. The summed E-state index contributed by atoms with van der Waals surface area (Å²) in [6.07, 6.45) is 4.23. The van der Waals surface area contributed by atoms with E-state index in [1.807, 2.05) is 6.07 Å². The van der Waals surface area contributed by atoms with Gasteiger partial charge in [0.25, 0.3) is 5.56 Å². The van der Waals surface area contributed by atoms with Crippen molar-refractivity contribution in [3.8, 4) is 16.2 Å². The number of phenolic OH excluding ortho intramolecular Hbond substituents is 1. The average Bonchev–Trinajstić information content (AvgIpc) is 3.48. The van der Waals surface area contributed by atoms with Gasteiger partial charge < -0.3 is 15.9 Å². The SMILES string of the molecule is Cc1c(-c2cc3c(s2)CCCC3C(N)CO)c(F)c(O)c2c(=O)[nH]c(=O)n(C3CC3)c12. The van der Waals surface area contributed by atoms with Gasteiger partial charge in [0.1, 0.15) is 5.39 Å². The second-order valence-corrected chi connectivity index (χ2v) is 9.72. The molecule has 0 bridgehead atoms. The Kier molecular flexibility index (Phi) is 4.80. The Balaban J connectivity index is 1.79. The van der Waals surface area contributed by atoms with Gasteiger partial charge in [0.15, 0.2) is 11.6 Å². The molecule has 2 aromatic heterocycles. The molecular formula is C22H24FN3O4S. The van der Waals surface area contributed by atoms with Crippen molar-refractivity contribution in [1.82, 2.24) is 9.55 Å². The van der Waals surface area contributed by atoms with Gasteiger partial charge in [-0.1, -0.05) is 0 Å². The smallest absolute Gasteiger partial charge is 0.329 e. The molecule has 2 atom stereocenters. The number of aliphatic hydroxyl groups excluding tert-OH is 1. The number of aromatic hydroxyl groups is 1. The van der Waals surface area contributed by atoms with Gasteiger partial charge in [-0.2, -0.15) is 0 Å². The van der Waals surface area contributed by atoms with Crippen LogP contribution in [0, 0.1) is 12.7 Å². The van der Waals surface area contributed by atoms with E-state index in [0.717, 1.165) is 42.5 Å². The summed E-state index contributed by atoms with van der Waals surface area (Å²) in [4.78, 5) is 28.9. The van der Waals surface area contributed by atoms with Gasteiger partial charge in [-0.15, -0.1) is 11.3 Å². The maximum absolute atomic E-state index is 15.4. The lowest BCUT2D eigenvalue weighted by Gasteiger charge is -2.26. The van der Waals surface area contributed by atoms with Crippen LogP contribution in [0.4, 0.5) is 4.39 Å². The fourth-order valence-electron chi connectivity index (χ4n) is 4.91. The van der Waals surface area contributed by atoms with Crippen molar-refractivity contribution in [3.05, 3.63) is 48.7 Å². The van der Waals surface area contributed by atoms with Gasteiger partial charge in [-0.25, -0.2) is 9.18 Å². The quantitative estimate of drug-likeness (QED) is 0.492. The number of phenols is 1. The third kappa shape index (κ3) is 3.06. The molecule has 7 nitrogen and oxygen atoms in total. The number of aryl methyl sites for hydroxylation is 2. The van der Waals surface area contributed by atoms with Gasteiger partial charge in [0, 0.05) is 33.3 Å². The van der Waals surface area contributed by atoms with Gasteiger partial charge in [-0.3, -0.25) is 14.3 Å². The minimum absolute atomic E-state index is 0.0105. The molecule has 2 aliphatic rings. The number of H-pyrrole nitrogens is 1. The number of benzene rings is 1. The van der Waals surface area contributed by atoms with Gasteiger partial charge >= 0.3 is 5.69 Å². The van der Waals surface area contributed by atoms with E-state index >= 15 is 4.39 Å². The Labute approximate surface area is 181 Å². The van der Waals surface area contributed by atoms with Crippen LogP contribution in [0.2, 0.25) is 0 Å². The molecule has 0 aliphatic heterocycles. The van der Waals surface area contributed by atoms with Crippen molar-refractivity contribution in [3.63, 3.8) is 0 Å². The maximum Gasteiger partial charge on any atom is 0.329 e. The second-order valence-electron chi connectivity index (χ2n) is 8.58. The highest BCUT2D eigenvalue weighted by atomic mass is 32.1. The molecule has 2 heterocycles. The van der Waals surface area contributed by atoms with Crippen LogP contribution in [0.5, 0.6) is 5.75 Å². The van der Waals surface area contributed by atoms with E-state index in [1.165, 1.54) is 15.9 Å². The number of nitrogens with zero attached hydrogens (tertiary/aromatic N) is 1. The number of aromatic amines is 1. The number of fused-ring (bicyclic) bond motifs is 2. The Morgan fingerprint density at radius 3 is 2.77 bits per heavy atom. The molecule has 9 heteroatoms. The van der Waals surface area contributed by atoms with Crippen LogP contribution in [-0.4, -0.2) is 32.4 Å². The third-order valence-electron chi connectivity index (χ3n) is 6.58. The van der Waals surface area contributed by atoms with E-state index in [4.69, 9.17) is 5.73 Å². The van der Waals surface area contributed by atoms with E-state index in [-0.39, 0.29) is 29.5 Å². The molecule has 5 N–H and O–H groups in total. The lowest BCUT2D eigenvalue weighted by molar-refractivity contribution is 0.242. The van der Waals surface area contributed by atoms with Crippen molar-refractivity contribution in [2.75, 3.05) is 6.61 Å². The number of nitrogens with two attached hydrogens (primary N) is 1. The van der Waals surface area contributed by atoms with Crippen molar-refractivity contribution in [1.29, 1.82) is 0 Å². The molecule has 0 amide bonds. The fraction of sp³-hybridized carbons (Fsp3) is 0.455. The Morgan fingerprint density at radius 1 is 1.35 bits per heavy atom. The second kappa shape index (κ2) is 7.29. The highest BCUT2D eigenvalue weighted by molar-refractivity contribution is 7.15. The number of hydrogen-bond donors (Lipinski definition) is 4. The number of thiophene rings is 1. The number of aliphatic hydroxyl groups is 1. The monoisotopic (exact) mass is 445 g/mol. The third-order valence-corrected chi connectivity index (χ3v) is 7.81. The zero-order valence-electron chi connectivity index (χ0n) is 17.1. The zero-order chi connectivity index (χ0) is 22.0. The normalized spacial score (nSPS) is 19.5. The minimum atomic E-state index is -0.863. The Bertz CT molecular complexity index is 1320. The van der Waals surface area contributed by atoms with Crippen LogP contribution in [0.1, 0.15) is 53.6 Å². The number of aromatic nitrogens is 2. The number of hydrogen-bond acceptors (Lipinski definition) is 6. The Hall–Kier alpha value is -2.49. The van der Waals surface area contributed by atoms with E-state index in [0.29, 0.717) is 16.0 Å². The van der Waals surface area contributed by atoms with E-state index in [2.05, 4.69) is 4.98 Å². The molecule has 1 aromatic carbocycles. The van der Waals surface area contributed by atoms with Crippen LogP contribution >= 0.6 is 11.3 Å². The molecule has 3 aromatic rings. The van der Waals surface area contributed by atoms with Gasteiger partial charge in [0.05, 0.1) is 12.1 Å². The molecule has 0 radical (unpaired) electrons. The summed E-state index contributed by atoms with van der Waals surface area (Å²) < 4.78 is 16.9. The summed E-state index contributed by atoms with van der Waals surface area (Å²) in [6.45, 7) is 1.56. The van der Waals surface area contributed by atoms with Crippen LogP contribution in [0.25, 0.3) is 21.3 Å². The predicted molar refractivity (Wildman–Crippen MR) is 118 cm³/mol. The highest BCUT2D eigenvalue weighted by Gasteiger charge is 2.33. The predicted octanol–water partition coefficient (Wildman–Crippen LogP) is 2.65. The lowest BCUT2D eigenvalue weighted by atomic mass is 9.82. The molecule has 164 valence electrons. The summed E-state index contributed by atoms with van der Waals surface area (Å²) >= 11 is 1.44. The first-order valence-corrected chi connectivity index (χ1v) is 11.3. The summed E-state index contributed by atoms with van der Waals surface area (Å²) in [5, 5.41) is 20.0. The summed E-state index contributed by atoms with van der Waals surface area (Å²) in [5.41, 5.74) is 6.77. The highest BCUT2D eigenvalue weighted by Crippen LogP contribution is 2.47. The van der Waals surface area contributed by atoms with Crippen LogP contribution in [0.3, 0.4) is 0 Å². The molecular weight excluding hydrogens is 421 g/mol. The minimum Gasteiger partial charge on any atom is -0.504 e. The zero-order valence-corrected chi connectivity index (χ0v) is 17.9. The average molecular weight is 446 g/mol. The molecule has 0 saturated heterocycles. The summed E-state index contributed by atoms with van der Waals surface area (Å²) in [6, 6.07) is 1.44. The maximum atomic E-state index is 15.4. The van der Waals surface area contributed by atoms with E-state index in [9.17, 15) is 19.8 Å². The van der Waals surface area contributed by atoms with Crippen molar-refractivity contribution >= 4 is 22.2 Å². The number of halogens is 1. The van der Waals surface area contributed by atoms with E-state index < -0.39 is 28.9 Å². The Morgan fingerprint density at radius 2 is 2.10 bits per heavy atom. The van der Waals surface area contributed by atoms with E-state index in [1.54, 1.807) is 6.92 Å². The molecule has 5 rings (SSSR count). The first kappa shape index (κ1) is 20.4. The standard InChI is InChI=1S/C22H24FN3O4S/c1-9-16(15-7-12-11(13(24)8-27)3-2-4-14(12)31-15)18(23)20(28)17-19(9)26(10-5-6-10)22(30)25-21(17)29/h7,10-11,13,27-28H,2-6,8,24H2,1H3,(H,25,29,30). The molecule has 2 unspecified atom stereocenters. The molecule has 0 spiro atoms. The first-order chi connectivity index (χ1) is 14.8. The van der Waals surface area contributed by atoms with Crippen LogP contribution in [-0.2, 0) is 6.42 Å². The van der Waals surface area contributed by atoms with Crippen molar-refractivity contribution in [2.45, 2.75) is 57.0 Å². The largest absolute Gasteiger partial charge is 0.504 e. The number of rotatable bonds is 4. The number of nitrogens with one attached hydrogen (secondary N) is 1. The molecule has 31 heavy (non-hydrogen) atoms. The summed E-state index contributed by atoms with van der Waals surface area (Å²) in [5.74, 6) is -1.61. The first-order valence-electron chi connectivity index (χ1n) is 10.5. The van der Waals surface area contributed by atoms with Crippen molar-refractivity contribution < 1.29 is 14.6 Å². The fourth-order valence-corrected chi connectivity index (χ4v) is 6.28. The van der Waals surface area contributed by atoms with Gasteiger partial charge in [-0.05, 0) is 56.2 Å². The molecule has 1 saturated carbocycles. The molecule has 1 fully saturated rings. The topological polar surface area (TPSA) is 121 Å². The van der Waals surface area contributed by atoms with Crippen molar-refractivity contribution in [2.24, 2.45) is 5.73 Å².